The quantitative estimate of drug-likeness (QED) is 0.807. The summed E-state index contributed by atoms with van der Waals surface area (Å²) in [5, 5.41) is 19.6. The summed E-state index contributed by atoms with van der Waals surface area (Å²) in [4.78, 5) is 0. The van der Waals surface area contributed by atoms with Gasteiger partial charge >= 0.3 is 0 Å². The van der Waals surface area contributed by atoms with E-state index in [1.165, 1.54) is 0 Å². The van der Waals surface area contributed by atoms with Gasteiger partial charge in [0, 0.05) is 6.42 Å². The van der Waals surface area contributed by atoms with Crippen molar-refractivity contribution in [2.24, 2.45) is 0 Å². The summed E-state index contributed by atoms with van der Waals surface area (Å²) in [6.45, 7) is 0. The molecule has 2 N–H and O–H groups in total. The highest BCUT2D eigenvalue weighted by Crippen LogP contribution is 2.35. The molecule has 0 aromatic heterocycles. The van der Waals surface area contributed by atoms with Crippen LogP contribution < -0.4 is 4.74 Å². The number of rotatable bonds is 1. The second-order valence-corrected chi connectivity index (χ2v) is 4.51. The highest BCUT2D eigenvalue weighted by Gasteiger charge is 2.29. The summed E-state index contributed by atoms with van der Waals surface area (Å²) in [5.74, 6) is 0.985. The molecule has 18 heavy (non-hydrogen) atoms. The van der Waals surface area contributed by atoms with Gasteiger partial charge in [0.2, 0.25) is 0 Å². The third kappa shape index (κ3) is 1.93. The molecule has 0 amide bonds. The lowest BCUT2D eigenvalue weighted by Gasteiger charge is -2.30. The van der Waals surface area contributed by atoms with Crippen LogP contribution in [0, 0.1) is 0 Å². The number of benzene rings is 2. The normalized spacial score (nSPS) is 22.1. The molecule has 0 spiro atoms. The molecule has 0 bridgehead atoms. The summed E-state index contributed by atoms with van der Waals surface area (Å²) >= 11 is 0. The standard InChI is InChI=1S/C15H14O3/c16-12-6-3-5-11(8-12)15-13(17)9-10-4-1-2-7-14(10)18-15/h1-8,13,15-17H,9H2. The van der Waals surface area contributed by atoms with Crippen molar-refractivity contribution in [2.45, 2.75) is 18.6 Å². The summed E-state index contributed by atoms with van der Waals surface area (Å²) < 4.78 is 5.82. The molecule has 92 valence electrons. The van der Waals surface area contributed by atoms with Crippen LogP contribution in [0.25, 0.3) is 0 Å². The van der Waals surface area contributed by atoms with E-state index in [2.05, 4.69) is 0 Å². The molecule has 0 saturated carbocycles. The summed E-state index contributed by atoms with van der Waals surface area (Å²) in [6, 6.07) is 14.5. The number of phenols is 1. The number of phenolic OH excluding ortho intramolecular Hbond substituents is 1. The van der Waals surface area contributed by atoms with Crippen LogP contribution >= 0.6 is 0 Å². The summed E-state index contributed by atoms with van der Waals surface area (Å²) in [6.07, 6.45) is -0.454. The number of aliphatic hydroxyl groups is 1. The monoisotopic (exact) mass is 242 g/mol. The fraction of sp³-hybridized carbons (Fsp3) is 0.200. The van der Waals surface area contributed by atoms with Crippen molar-refractivity contribution in [3.05, 3.63) is 59.7 Å². The van der Waals surface area contributed by atoms with E-state index >= 15 is 0 Å². The molecule has 1 aliphatic rings. The molecule has 1 aliphatic heterocycles. The van der Waals surface area contributed by atoms with Gasteiger partial charge in [0.25, 0.3) is 0 Å². The highest BCUT2D eigenvalue weighted by molar-refractivity contribution is 5.38. The Balaban J connectivity index is 1.96. The maximum absolute atomic E-state index is 10.2. The lowest BCUT2D eigenvalue weighted by molar-refractivity contribution is 0.0207. The van der Waals surface area contributed by atoms with Crippen molar-refractivity contribution in [2.75, 3.05) is 0 Å². The predicted molar refractivity (Wildman–Crippen MR) is 67.6 cm³/mol. The Morgan fingerprint density at radius 3 is 2.72 bits per heavy atom. The predicted octanol–water partition coefficient (Wildman–Crippen LogP) is 2.43. The average Bonchev–Trinajstić information content (AvgIpc) is 2.38. The molecule has 2 aromatic carbocycles. The van der Waals surface area contributed by atoms with Crippen LogP contribution in [0.3, 0.4) is 0 Å². The Hall–Kier alpha value is -2.00. The van der Waals surface area contributed by atoms with Gasteiger partial charge in [0.1, 0.15) is 17.6 Å². The number of fused-ring (bicyclic) bond motifs is 1. The molecule has 3 nitrogen and oxygen atoms in total. The van der Waals surface area contributed by atoms with Crippen molar-refractivity contribution in [3.8, 4) is 11.5 Å². The van der Waals surface area contributed by atoms with Crippen molar-refractivity contribution >= 4 is 0 Å². The van der Waals surface area contributed by atoms with E-state index in [4.69, 9.17) is 4.74 Å². The lowest BCUT2D eigenvalue weighted by Crippen LogP contribution is -2.30. The maximum Gasteiger partial charge on any atom is 0.150 e. The Morgan fingerprint density at radius 2 is 1.89 bits per heavy atom. The van der Waals surface area contributed by atoms with Crippen molar-refractivity contribution in [1.29, 1.82) is 0 Å². The minimum Gasteiger partial charge on any atom is -0.508 e. The van der Waals surface area contributed by atoms with E-state index in [1.54, 1.807) is 18.2 Å². The maximum atomic E-state index is 10.2. The van der Waals surface area contributed by atoms with E-state index in [0.29, 0.717) is 6.42 Å². The van der Waals surface area contributed by atoms with Gasteiger partial charge in [-0.3, -0.25) is 0 Å². The Kier molecular flexibility index (Phi) is 2.68. The minimum absolute atomic E-state index is 0.183. The van der Waals surface area contributed by atoms with Crippen LogP contribution in [0.2, 0.25) is 0 Å². The van der Waals surface area contributed by atoms with Gasteiger partial charge in [-0.1, -0.05) is 30.3 Å². The van der Waals surface area contributed by atoms with Crippen molar-refractivity contribution in [1.82, 2.24) is 0 Å². The molecule has 3 rings (SSSR count). The van der Waals surface area contributed by atoms with Gasteiger partial charge in [-0.2, -0.15) is 0 Å². The largest absolute Gasteiger partial charge is 0.508 e. The highest BCUT2D eigenvalue weighted by atomic mass is 16.5. The molecule has 0 fully saturated rings. The second-order valence-electron chi connectivity index (χ2n) is 4.51. The molecule has 0 radical (unpaired) electrons. The topological polar surface area (TPSA) is 49.7 Å². The van der Waals surface area contributed by atoms with Crippen molar-refractivity contribution in [3.63, 3.8) is 0 Å². The molecular weight excluding hydrogens is 228 g/mol. The van der Waals surface area contributed by atoms with Crippen LogP contribution in [-0.2, 0) is 6.42 Å². The second kappa shape index (κ2) is 4.35. The number of para-hydroxylation sites is 1. The molecule has 2 atom stereocenters. The first-order chi connectivity index (χ1) is 8.74. The Labute approximate surface area is 105 Å². The number of hydrogen-bond donors (Lipinski definition) is 2. The third-order valence-corrected chi connectivity index (χ3v) is 3.20. The van der Waals surface area contributed by atoms with Crippen molar-refractivity contribution < 1.29 is 14.9 Å². The fourth-order valence-electron chi connectivity index (χ4n) is 2.33. The van der Waals surface area contributed by atoms with Gasteiger partial charge in [-0.05, 0) is 29.3 Å². The minimum atomic E-state index is -0.596. The van der Waals surface area contributed by atoms with Crippen LogP contribution in [0.5, 0.6) is 11.5 Å². The van der Waals surface area contributed by atoms with Crippen LogP contribution in [0.4, 0.5) is 0 Å². The summed E-state index contributed by atoms with van der Waals surface area (Å²) in [5.41, 5.74) is 1.80. The lowest BCUT2D eigenvalue weighted by atomic mass is 9.95. The van der Waals surface area contributed by atoms with E-state index < -0.39 is 12.2 Å². The first-order valence-electron chi connectivity index (χ1n) is 5.95. The van der Waals surface area contributed by atoms with E-state index in [1.807, 2.05) is 30.3 Å². The average molecular weight is 242 g/mol. The smallest absolute Gasteiger partial charge is 0.150 e. The zero-order chi connectivity index (χ0) is 12.5. The van der Waals surface area contributed by atoms with Gasteiger partial charge in [-0.25, -0.2) is 0 Å². The molecular formula is C15H14O3. The van der Waals surface area contributed by atoms with Crippen LogP contribution in [0.1, 0.15) is 17.2 Å². The fourth-order valence-corrected chi connectivity index (χ4v) is 2.33. The van der Waals surface area contributed by atoms with Gasteiger partial charge in [0.15, 0.2) is 0 Å². The van der Waals surface area contributed by atoms with E-state index in [-0.39, 0.29) is 5.75 Å². The molecule has 2 unspecified atom stereocenters. The molecule has 2 aromatic rings. The molecule has 3 heteroatoms. The number of hydrogen-bond acceptors (Lipinski definition) is 3. The zero-order valence-electron chi connectivity index (χ0n) is 9.78. The first-order valence-corrected chi connectivity index (χ1v) is 5.95. The zero-order valence-corrected chi connectivity index (χ0v) is 9.78. The first kappa shape index (κ1) is 11.1. The molecule has 0 saturated heterocycles. The number of aliphatic hydroxyl groups excluding tert-OH is 1. The molecule has 1 heterocycles. The molecule has 0 aliphatic carbocycles. The van der Waals surface area contributed by atoms with E-state index in [9.17, 15) is 10.2 Å². The van der Waals surface area contributed by atoms with Gasteiger partial charge in [0.05, 0.1) is 6.10 Å². The third-order valence-electron chi connectivity index (χ3n) is 3.20. The summed E-state index contributed by atoms with van der Waals surface area (Å²) in [7, 11) is 0. The van der Waals surface area contributed by atoms with Gasteiger partial charge in [-0.15, -0.1) is 0 Å². The Morgan fingerprint density at radius 1 is 1.06 bits per heavy atom. The van der Waals surface area contributed by atoms with Crippen LogP contribution in [0.15, 0.2) is 48.5 Å². The SMILES string of the molecule is Oc1cccc(C2Oc3ccccc3CC2O)c1. The Bertz CT molecular complexity index is 565. The van der Waals surface area contributed by atoms with E-state index in [0.717, 1.165) is 16.9 Å². The number of aromatic hydroxyl groups is 1. The number of ether oxygens (including phenoxy) is 1. The van der Waals surface area contributed by atoms with Gasteiger partial charge < -0.3 is 14.9 Å². The van der Waals surface area contributed by atoms with Crippen LogP contribution in [-0.4, -0.2) is 16.3 Å².